The van der Waals surface area contributed by atoms with Crippen LogP contribution in [0.1, 0.15) is 44.5 Å². The maximum absolute atomic E-state index is 6.48. The van der Waals surface area contributed by atoms with E-state index < -0.39 is 10.8 Å². The van der Waals surface area contributed by atoms with E-state index in [-0.39, 0.29) is 0 Å². The first-order chi connectivity index (χ1) is 40.7. The number of benzene rings is 14. The Bertz CT molecular complexity index is 4990. The maximum Gasteiger partial charge on any atom is 0.136 e. The van der Waals surface area contributed by atoms with Crippen molar-refractivity contribution in [1.82, 2.24) is 0 Å². The Balaban J connectivity index is 0.835. The monoisotopic (exact) mass is 1040 g/mol. The van der Waals surface area contributed by atoms with Gasteiger partial charge in [-0.1, -0.05) is 224 Å². The third-order valence-electron chi connectivity index (χ3n) is 19.3. The van der Waals surface area contributed by atoms with Crippen molar-refractivity contribution in [2.24, 2.45) is 0 Å². The van der Waals surface area contributed by atoms with Crippen LogP contribution in [-0.2, 0) is 10.8 Å². The summed E-state index contributed by atoms with van der Waals surface area (Å²) in [4.78, 5) is 2.53. The molecule has 4 aliphatic rings. The van der Waals surface area contributed by atoms with Gasteiger partial charge < -0.3 is 9.32 Å². The summed E-state index contributed by atoms with van der Waals surface area (Å²) < 4.78 is 6.48. The fourth-order valence-corrected chi connectivity index (χ4v) is 16.1. The average molecular weight is 1040 g/mol. The van der Waals surface area contributed by atoms with Crippen LogP contribution in [0.25, 0.3) is 110 Å². The lowest BCUT2D eigenvalue weighted by Gasteiger charge is -2.33. The Hall–Kier alpha value is -10.5. The molecule has 378 valence electrons. The van der Waals surface area contributed by atoms with Crippen molar-refractivity contribution in [2.75, 3.05) is 4.90 Å². The zero-order valence-corrected chi connectivity index (χ0v) is 44.5. The second kappa shape index (κ2) is 16.1. The van der Waals surface area contributed by atoms with E-state index in [9.17, 15) is 0 Å². The van der Waals surface area contributed by atoms with Gasteiger partial charge in [0, 0.05) is 33.2 Å². The second-order valence-corrected chi connectivity index (χ2v) is 22.9. The smallest absolute Gasteiger partial charge is 0.136 e. The highest BCUT2D eigenvalue weighted by Gasteiger charge is 2.53. The highest BCUT2D eigenvalue weighted by atomic mass is 16.3. The largest absolute Gasteiger partial charge is 0.456 e. The van der Waals surface area contributed by atoms with Gasteiger partial charge in [0.25, 0.3) is 0 Å². The van der Waals surface area contributed by atoms with Crippen molar-refractivity contribution >= 4 is 71.3 Å². The molecule has 0 saturated carbocycles. The van der Waals surface area contributed by atoms with Gasteiger partial charge in [0.15, 0.2) is 0 Å². The Morgan fingerprint density at radius 3 is 1.09 bits per heavy atom. The fourth-order valence-electron chi connectivity index (χ4n) is 16.1. The van der Waals surface area contributed by atoms with E-state index >= 15 is 0 Å². The lowest BCUT2D eigenvalue weighted by Crippen LogP contribution is -2.26. The minimum atomic E-state index is -0.492. The van der Waals surface area contributed by atoms with E-state index in [1.54, 1.807) is 0 Å². The molecule has 1 aromatic heterocycles. The Morgan fingerprint density at radius 2 is 0.585 bits per heavy atom. The quantitative estimate of drug-likeness (QED) is 0.163. The van der Waals surface area contributed by atoms with Gasteiger partial charge in [-0.2, -0.15) is 0 Å². The summed E-state index contributed by atoms with van der Waals surface area (Å²) in [7, 11) is 0. The SMILES string of the molecule is c1ccc2c(c1)-c1ccccc1C21c2ccccc2-c2ccc(N(c3ccc(-c4ccc5c6ccccc6c6c(ccc7oc8ccccc8c76)c5c4)cc3)c3ccc4c(c3)C3(c5ccccc5-c5ccccc53)c3ccccc3-4)cc21. The van der Waals surface area contributed by atoms with Gasteiger partial charge in [0.05, 0.1) is 10.8 Å². The van der Waals surface area contributed by atoms with Gasteiger partial charge >= 0.3 is 0 Å². The van der Waals surface area contributed by atoms with Crippen molar-refractivity contribution in [3.8, 4) is 55.6 Å². The number of hydrogen-bond acceptors (Lipinski definition) is 2. The molecule has 2 spiro atoms. The zero-order chi connectivity index (χ0) is 53.4. The molecule has 0 N–H and O–H groups in total. The molecular formula is C80H47NO. The van der Waals surface area contributed by atoms with Gasteiger partial charge in [0.1, 0.15) is 11.2 Å². The molecule has 0 fully saturated rings. The van der Waals surface area contributed by atoms with Crippen LogP contribution in [0.3, 0.4) is 0 Å². The fraction of sp³-hybridized carbons (Fsp3) is 0.0250. The first kappa shape index (κ1) is 44.3. The molecule has 0 amide bonds. The number of anilines is 3. The summed E-state index contributed by atoms with van der Waals surface area (Å²) in [6.45, 7) is 0. The van der Waals surface area contributed by atoms with Crippen molar-refractivity contribution in [3.05, 3.63) is 330 Å². The van der Waals surface area contributed by atoms with Crippen LogP contribution >= 0.6 is 0 Å². The van der Waals surface area contributed by atoms with E-state index in [4.69, 9.17) is 4.42 Å². The Labute approximate surface area is 474 Å². The summed E-state index contributed by atoms with van der Waals surface area (Å²) in [5, 5.41) is 9.74. The molecule has 0 atom stereocenters. The highest BCUT2D eigenvalue weighted by molar-refractivity contribution is 6.34. The average Bonchev–Trinajstić information content (AvgIpc) is 2.05. The lowest BCUT2D eigenvalue weighted by atomic mass is 9.70. The van der Waals surface area contributed by atoms with E-state index in [0.29, 0.717) is 0 Å². The van der Waals surface area contributed by atoms with Crippen LogP contribution in [0.2, 0.25) is 0 Å². The van der Waals surface area contributed by atoms with Gasteiger partial charge in [-0.3, -0.25) is 0 Å². The standard InChI is InChI=1S/C80H47NO/c1-2-24-63-53(17-1)54-40-35-49(45-66(54)64-43-44-76-78(77(63)64)65-25-9-16-32-75(65)82-76)48-33-36-50(37-34-48)81(51-38-41-61-59-22-7-14-30-71(59)79(73(61)46-51)67-26-10-3-18-55(67)56-19-4-11-27-68(56)79)52-39-42-62-60-23-8-15-31-72(60)80(74(62)47-52)69-28-12-5-20-57(69)58-21-6-13-29-70(58)80/h1-47H. The van der Waals surface area contributed by atoms with E-state index in [0.717, 1.165) is 39.2 Å². The molecule has 19 rings (SSSR count). The summed E-state index contributed by atoms with van der Waals surface area (Å²) in [5.41, 5.74) is 27.5. The van der Waals surface area contributed by atoms with Crippen LogP contribution in [-0.4, -0.2) is 0 Å². The zero-order valence-electron chi connectivity index (χ0n) is 44.5. The number of para-hydroxylation sites is 1. The second-order valence-electron chi connectivity index (χ2n) is 22.9. The minimum Gasteiger partial charge on any atom is -0.456 e. The minimum absolute atomic E-state index is 0.492. The maximum atomic E-state index is 6.48. The number of fused-ring (bicyclic) bond motifs is 30. The normalized spacial score (nSPS) is 14.0. The number of rotatable bonds is 4. The molecule has 0 bridgehead atoms. The molecule has 4 aliphatic carbocycles. The van der Waals surface area contributed by atoms with Gasteiger partial charge in [-0.25, -0.2) is 0 Å². The molecule has 82 heavy (non-hydrogen) atoms. The van der Waals surface area contributed by atoms with Gasteiger partial charge in [-0.05, 0) is 188 Å². The molecule has 15 aromatic rings. The third-order valence-corrected chi connectivity index (χ3v) is 19.3. The van der Waals surface area contributed by atoms with Crippen LogP contribution in [0, 0.1) is 0 Å². The molecule has 0 aliphatic heterocycles. The van der Waals surface area contributed by atoms with Crippen molar-refractivity contribution in [3.63, 3.8) is 0 Å². The molecule has 0 unspecified atom stereocenters. The van der Waals surface area contributed by atoms with Crippen LogP contribution < -0.4 is 4.90 Å². The van der Waals surface area contributed by atoms with E-state index in [1.807, 2.05) is 0 Å². The molecular weight excluding hydrogens is 991 g/mol. The number of nitrogens with zero attached hydrogens (tertiary/aromatic N) is 1. The Kier molecular flexibility index (Phi) is 8.69. The summed E-state index contributed by atoms with van der Waals surface area (Å²) in [6, 6.07) is 107. The highest BCUT2D eigenvalue weighted by Crippen LogP contribution is 2.65. The Morgan fingerprint density at radius 1 is 0.220 bits per heavy atom. The molecule has 0 radical (unpaired) electrons. The van der Waals surface area contributed by atoms with Crippen LogP contribution in [0.5, 0.6) is 0 Å². The van der Waals surface area contributed by atoms with Crippen molar-refractivity contribution in [2.45, 2.75) is 10.8 Å². The van der Waals surface area contributed by atoms with Gasteiger partial charge in [-0.15, -0.1) is 0 Å². The molecule has 14 aromatic carbocycles. The molecule has 0 saturated heterocycles. The predicted molar refractivity (Wildman–Crippen MR) is 339 cm³/mol. The van der Waals surface area contributed by atoms with E-state index in [1.165, 1.54) is 132 Å². The predicted octanol–water partition coefficient (Wildman–Crippen LogP) is 20.9. The van der Waals surface area contributed by atoms with Crippen molar-refractivity contribution < 1.29 is 4.42 Å². The number of furan rings is 1. The molecule has 2 heteroatoms. The number of hydrogen-bond donors (Lipinski definition) is 0. The first-order valence-corrected chi connectivity index (χ1v) is 28.6. The van der Waals surface area contributed by atoms with Crippen LogP contribution in [0.4, 0.5) is 17.1 Å². The summed E-state index contributed by atoms with van der Waals surface area (Å²) in [5.74, 6) is 0. The lowest BCUT2D eigenvalue weighted by molar-refractivity contribution is 0.669. The first-order valence-electron chi connectivity index (χ1n) is 28.6. The van der Waals surface area contributed by atoms with E-state index in [2.05, 4.69) is 290 Å². The summed E-state index contributed by atoms with van der Waals surface area (Å²) in [6.07, 6.45) is 0. The topological polar surface area (TPSA) is 16.4 Å². The van der Waals surface area contributed by atoms with Crippen LogP contribution in [0.15, 0.2) is 290 Å². The summed E-state index contributed by atoms with van der Waals surface area (Å²) >= 11 is 0. The van der Waals surface area contributed by atoms with Gasteiger partial charge in [0.2, 0.25) is 0 Å². The molecule has 2 nitrogen and oxygen atoms in total. The van der Waals surface area contributed by atoms with Crippen molar-refractivity contribution in [1.29, 1.82) is 0 Å². The third kappa shape index (κ3) is 5.49. The molecule has 1 heterocycles.